The largest absolute Gasteiger partial charge is 0.494 e. The summed E-state index contributed by atoms with van der Waals surface area (Å²) in [5.74, 6) is 1.61. The van der Waals surface area contributed by atoms with E-state index >= 15 is 0 Å². The van der Waals surface area contributed by atoms with Crippen molar-refractivity contribution in [3.63, 3.8) is 0 Å². The van der Waals surface area contributed by atoms with Crippen LogP contribution in [0.1, 0.15) is 12.8 Å². The van der Waals surface area contributed by atoms with Crippen LogP contribution in [-0.4, -0.2) is 12.5 Å². The fraction of sp³-hybridized carbons (Fsp3) is 0.444. The molecule has 0 N–H and O–H groups in total. The maximum absolute atomic E-state index is 5.49. The standard InChI is InChI=1S/C9H12ClO/c10-7-4-8-11-9-5-2-1-3-6-9/h2-3,5-6H,1,4,7-8H2. The highest BCUT2D eigenvalue weighted by Crippen LogP contribution is 2.09. The molecule has 61 valence electrons. The van der Waals surface area contributed by atoms with E-state index in [0.29, 0.717) is 12.5 Å². The van der Waals surface area contributed by atoms with Crippen molar-refractivity contribution in [3.8, 4) is 0 Å². The van der Waals surface area contributed by atoms with Gasteiger partial charge in [0.1, 0.15) is 5.76 Å². The van der Waals surface area contributed by atoms with Gasteiger partial charge in [-0.25, -0.2) is 0 Å². The van der Waals surface area contributed by atoms with E-state index in [1.807, 2.05) is 12.2 Å². The predicted molar refractivity (Wildman–Crippen MR) is 47.4 cm³/mol. The van der Waals surface area contributed by atoms with Crippen LogP contribution in [0.5, 0.6) is 0 Å². The van der Waals surface area contributed by atoms with Gasteiger partial charge in [0.05, 0.1) is 6.61 Å². The van der Waals surface area contributed by atoms with E-state index in [2.05, 4.69) is 12.5 Å². The Morgan fingerprint density at radius 2 is 2.45 bits per heavy atom. The first-order chi connectivity index (χ1) is 5.43. The van der Waals surface area contributed by atoms with Gasteiger partial charge in [-0.2, -0.15) is 0 Å². The van der Waals surface area contributed by atoms with Crippen LogP contribution < -0.4 is 0 Å². The Morgan fingerprint density at radius 1 is 1.55 bits per heavy atom. The van der Waals surface area contributed by atoms with Crippen molar-refractivity contribution >= 4 is 11.6 Å². The molecule has 1 nitrogen and oxygen atoms in total. The van der Waals surface area contributed by atoms with E-state index in [0.717, 1.165) is 18.6 Å². The summed E-state index contributed by atoms with van der Waals surface area (Å²) >= 11 is 5.49. The Balaban J connectivity index is 2.15. The molecule has 0 aliphatic heterocycles. The zero-order valence-electron chi connectivity index (χ0n) is 6.42. The van der Waals surface area contributed by atoms with Crippen molar-refractivity contribution < 1.29 is 4.74 Å². The Hall–Kier alpha value is -0.430. The highest BCUT2D eigenvalue weighted by Gasteiger charge is 1.96. The van der Waals surface area contributed by atoms with Crippen LogP contribution in [-0.2, 0) is 4.74 Å². The summed E-state index contributed by atoms with van der Waals surface area (Å²) in [5.41, 5.74) is 0. The summed E-state index contributed by atoms with van der Waals surface area (Å²) in [6.07, 6.45) is 10.1. The normalized spacial score (nSPS) is 16.3. The average Bonchev–Trinajstić information content (AvgIpc) is 2.07. The smallest absolute Gasteiger partial charge is 0.115 e. The van der Waals surface area contributed by atoms with Gasteiger partial charge in [0.15, 0.2) is 0 Å². The van der Waals surface area contributed by atoms with Crippen LogP contribution in [0, 0.1) is 6.42 Å². The third kappa shape index (κ3) is 3.47. The van der Waals surface area contributed by atoms with E-state index in [1.54, 1.807) is 0 Å². The average molecular weight is 172 g/mol. The highest BCUT2D eigenvalue weighted by molar-refractivity contribution is 6.17. The number of hydrogen-bond donors (Lipinski definition) is 0. The second-order valence-electron chi connectivity index (χ2n) is 2.33. The van der Waals surface area contributed by atoms with Gasteiger partial charge in [0.2, 0.25) is 0 Å². The molecule has 1 rings (SSSR count). The minimum atomic E-state index is 0.667. The molecular formula is C9H12ClO. The summed E-state index contributed by atoms with van der Waals surface area (Å²) in [6, 6.07) is 0. The lowest BCUT2D eigenvalue weighted by Gasteiger charge is -2.07. The molecule has 0 unspecified atom stereocenters. The van der Waals surface area contributed by atoms with Crippen molar-refractivity contribution in [2.75, 3.05) is 12.5 Å². The minimum absolute atomic E-state index is 0.667. The maximum atomic E-state index is 5.49. The molecule has 0 aromatic carbocycles. The number of allylic oxidation sites excluding steroid dienone is 3. The fourth-order valence-electron chi connectivity index (χ4n) is 0.843. The van der Waals surface area contributed by atoms with Gasteiger partial charge in [0, 0.05) is 5.88 Å². The summed E-state index contributed by atoms with van der Waals surface area (Å²) in [5, 5.41) is 0. The Labute approximate surface area is 72.7 Å². The van der Waals surface area contributed by atoms with Gasteiger partial charge >= 0.3 is 0 Å². The summed E-state index contributed by atoms with van der Waals surface area (Å²) in [4.78, 5) is 0. The van der Waals surface area contributed by atoms with Crippen LogP contribution >= 0.6 is 11.6 Å². The lowest BCUT2D eigenvalue weighted by molar-refractivity contribution is 0.224. The van der Waals surface area contributed by atoms with Crippen molar-refractivity contribution in [2.24, 2.45) is 0 Å². The Morgan fingerprint density at radius 3 is 3.09 bits per heavy atom. The predicted octanol–water partition coefficient (Wildman–Crippen LogP) is 2.68. The molecule has 1 aliphatic carbocycles. The molecule has 0 saturated heterocycles. The van der Waals surface area contributed by atoms with Crippen LogP contribution in [0.2, 0.25) is 0 Å². The van der Waals surface area contributed by atoms with Gasteiger partial charge in [-0.05, 0) is 31.4 Å². The van der Waals surface area contributed by atoms with Gasteiger partial charge in [0.25, 0.3) is 0 Å². The molecule has 0 amide bonds. The SMILES string of the molecule is ClCCCOC1=C[CH]CC=C1. The van der Waals surface area contributed by atoms with Gasteiger partial charge in [-0.15, -0.1) is 11.6 Å². The summed E-state index contributed by atoms with van der Waals surface area (Å²) in [6.45, 7) is 0.716. The molecule has 0 aromatic heterocycles. The van der Waals surface area contributed by atoms with E-state index in [-0.39, 0.29) is 0 Å². The molecule has 11 heavy (non-hydrogen) atoms. The molecule has 0 spiro atoms. The summed E-state index contributed by atoms with van der Waals surface area (Å²) < 4.78 is 5.38. The maximum Gasteiger partial charge on any atom is 0.115 e. The fourth-order valence-corrected chi connectivity index (χ4v) is 0.952. The number of halogens is 1. The molecule has 0 heterocycles. The first-order valence-electron chi connectivity index (χ1n) is 3.82. The molecule has 0 saturated carbocycles. The first-order valence-corrected chi connectivity index (χ1v) is 4.36. The monoisotopic (exact) mass is 171 g/mol. The highest BCUT2D eigenvalue weighted by atomic mass is 35.5. The van der Waals surface area contributed by atoms with Crippen molar-refractivity contribution in [2.45, 2.75) is 12.8 Å². The molecule has 0 atom stereocenters. The molecule has 2 heteroatoms. The van der Waals surface area contributed by atoms with Crippen molar-refractivity contribution in [1.29, 1.82) is 0 Å². The zero-order chi connectivity index (χ0) is 7.94. The molecule has 0 fully saturated rings. The van der Waals surface area contributed by atoms with Crippen LogP contribution in [0.3, 0.4) is 0 Å². The number of alkyl halides is 1. The van der Waals surface area contributed by atoms with Crippen LogP contribution in [0.25, 0.3) is 0 Å². The second kappa shape index (κ2) is 5.25. The van der Waals surface area contributed by atoms with E-state index in [4.69, 9.17) is 16.3 Å². The first kappa shape index (κ1) is 8.66. The van der Waals surface area contributed by atoms with Crippen molar-refractivity contribution in [1.82, 2.24) is 0 Å². The molecule has 0 aromatic rings. The second-order valence-corrected chi connectivity index (χ2v) is 2.71. The minimum Gasteiger partial charge on any atom is -0.494 e. The number of rotatable bonds is 4. The third-order valence-corrected chi connectivity index (χ3v) is 1.65. The Kier molecular flexibility index (Phi) is 4.14. The molecule has 0 bridgehead atoms. The molecule has 1 radical (unpaired) electrons. The van der Waals surface area contributed by atoms with Crippen molar-refractivity contribution in [3.05, 3.63) is 30.4 Å². The quantitative estimate of drug-likeness (QED) is 0.467. The van der Waals surface area contributed by atoms with E-state index in [9.17, 15) is 0 Å². The lowest BCUT2D eigenvalue weighted by Crippen LogP contribution is -1.95. The lowest BCUT2D eigenvalue weighted by atomic mass is 10.2. The number of hydrogen-bond acceptors (Lipinski definition) is 1. The summed E-state index contributed by atoms with van der Waals surface area (Å²) in [7, 11) is 0. The molecular weight excluding hydrogens is 160 g/mol. The van der Waals surface area contributed by atoms with Gasteiger partial charge in [-0.3, -0.25) is 0 Å². The van der Waals surface area contributed by atoms with Gasteiger partial charge < -0.3 is 4.74 Å². The number of ether oxygens (including phenoxy) is 1. The van der Waals surface area contributed by atoms with E-state index < -0.39 is 0 Å². The van der Waals surface area contributed by atoms with E-state index in [1.165, 1.54) is 0 Å². The zero-order valence-corrected chi connectivity index (χ0v) is 7.18. The molecule has 1 aliphatic rings. The van der Waals surface area contributed by atoms with Crippen LogP contribution in [0.4, 0.5) is 0 Å². The Bertz CT molecular complexity index is 161. The van der Waals surface area contributed by atoms with Crippen LogP contribution in [0.15, 0.2) is 24.0 Å². The van der Waals surface area contributed by atoms with Gasteiger partial charge in [-0.1, -0.05) is 6.08 Å². The third-order valence-electron chi connectivity index (χ3n) is 1.38. The topological polar surface area (TPSA) is 9.23 Å².